The maximum absolute atomic E-state index is 14.6. The Kier molecular flexibility index (Phi) is 11.0. The van der Waals surface area contributed by atoms with E-state index >= 15 is 0 Å². The van der Waals surface area contributed by atoms with Crippen LogP contribution in [-0.2, 0) is 11.2 Å². The molecule has 0 amide bonds. The molecule has 2 nitrogen and oxygen atoms in total. The van der Waals surface area contributed by atoms with Crippen molar-refractivity contribution < 1.29 is 13.5 Å². The van der Waals surface area contributed by atoms with Crippen LogP contribution < -0.4 is 0 Å². The molecule has 1 aromatic heterocycles. The molecule has 0 saturated carbocycles. The Labute approximate surface area is 214 Å². The van der Waals surface area contributed by atoms with Crippen molar-refractivity contribution in [1.29, 1.82) is 0 Å². The average Bonchev–Trinajstić information content (AvgIpc) is 2.90. The summed E-state index contributed by atoms with van der Waals surface area (Å²) in [6.45, 7) is 8.81. The summed E-state index contributed by atoms with van der Waals surface area (Å²) in [4.78, 5) is 4.55. The van der Waals surface area contributed by atoms with E-state index in [1.165, 1.54) is 12.8 Å². The van der Waals surface area contributed by atoms with Crippen LogP contribution in [0.4, 0.5) is 8.78 Å². The van der Waals surface area contributed by atoms with Gasteiger partial charge in [0.1, 0.15) is 0 Å². The minimum atomic E-state index is -0.825. The molecule has 190 valence electrons. The lowest BCUT2D eigenvalue weighted by Gasteiger charge is -2.11. The standard InChI is InChI=1S/C32H37F2NO/c1-4-6-10-22-36-24(3)12-8-7-9-13-29-20-18-28(23-35-29)25-14-16-26(17-15-25)30-21-19-27(11-5-2)31(33)32(30)34/h5,9,13-21,23-24H,2,4,6-8,10-12,22H2,1,3H3. The molecule has 0 N–H and O–H groups in total. The fraction of sp³-hybridized carbons (Fsp3) is 0.344. The van der Waals surface area contributed by atoms with Crippen LogP contribution in [0, 0.1) is 11.6 Å². The van der Waals surface area contributed by atoms with Gasteiger partial charge in [0.2, 0.25) is 0 Å². The second kappa shape index (κ2) is 14.4. The average molecular weight is 490 g/mol. The first-order chi connectivity index (χ1) is 17.5. The summed E-state index contributed by atoms with van der Waals surface area (Å²) in [7, 11) is 0. The highest BCUT2D eigenvalue weighted by molar-refractivity contribution is 5.71. The number of halogens is 2. The van der Waals surface area contributed by atoms with Crippen LogP contribution in [-0.4, -0.2) is 17.7 Å². The Morgan fingerprint density at radius 1 is 0.917 bits per heavy atom. The van der Waals surface area contributed by atoms with Gasteiger partial charge in [0.05, 0.1) is 11.8 Å². The summed E-state index contributed by atoms with van der Waals surface area (Å²) in [6, 6.07) is 14.7. The van der Waals surface area contributed by atoms with Gasteiger partial charge in [-0.05, 0) is 67.9 Å². The van der Waals surface area contributed by atoms with E-state index in [1.807, 2.05) is 48.7 Å². The molecular formula is C32H37F2NO. The zero-order valence-corrected chi connectivity index (χ0v) is 21.5. The predicted molar refractivity (Wildman–Crippen MR) is 147 cm³/mol. The highest BCUT2D eigenvalue weighted by Crippen LogP contribution is 2.29. The molecule has 0 radical (unpaired) electrons. The number of hydrogen-bond acceptors (Lipinski definition) is 2. The van der Waals surface area contributed by atoms with Crippen LogP contribution >= 0.6 is 0 Å². The number of benzene rings is 2. The van der Waals surface area contributed by atoms with Crippen molar-refractivity contribution in [2.75, 3.05) is 6.61 Å². The zero-order valence-electron chi connectivity index (χ0n) is 21.5. The fourth-order valence-corrected chi connectivity index (χ4v) is 4.09. The summed E-state index contributed by atoms with van der Waals surface area (Å²) >= 11 is 0. The molecule has 0 aliphatic rings. The second-order valence-corrected chi connectivity index (χ2v) is 9.16. The van der Waals surface area contributed by atoms with E-state index in [9.17, 15) is 8.78 Å². The normalized spacial score (nSPS) is 12.2. The van der Waals surface area contributed by atoms with Crippen molar-refractivity contribution in [2.24, 2.45) is 0 Å². The smallest absolute Gasteiger partial charge is 0.166 e. The molecule has 0 aliphatic heterocycles. The van der Waals surface area contributed by atoms with Crippen LogP contribution in [0.2, 0.25) is 0 Å². The first kappa shape index (κ1) is 27.5. The van der Waals surface area contributed by atoms with E-state index in [-0.39, 0.29) is 5.56 Å². The van der Waals surface area contributed by atoms with E-state index in [1.54, 1.807) is 18.2 Å². The number of unbranched alkanes of at least 4 members (excludes halogenated alkanes) is 3. The Bertz CT molecular complexity index is 1120. The topological polar surface area (TPSA) is 22.1 Å². The molecule has 4 heteroatoms. The van der Waals surface area contributed by atoms with Gasteiger partial charge in [-0.1, -0.05) is 74.4 Å². The molecule has 2 aromatic carbocycles. The molecule has 0 saturated heterocycles. The van der Waals surface area contributed by atoms with Crippen LogP contribution in [0.5, 0.6) is 0 Å². The second-order valence-electron chi connectivity index (χ2n) is 9.16. The summed E-state index contributed by atoms with van der Waals surface area (Å²) in [5.74, 6) is -1.64. The zero-order chi connectivity index (χ0) is 25.8. The predicted octanol–water partition coefficient (Wildman–Crippen LogP) is 9.20. The minimum Gasteiger partial charge on any atom is -0.379 e. The van der Waals surface area contributed by atoms with Gasteiger partial charge in [0.15, 0.2) is 11.6 Å². The quantitative estimate of drug-likeness (QED) is 0.166. The van der Waals surface area contributed by atoms with E-state index < -0.39 is 11.6 Å². The fourth-order valence-electron chi connectivity index (χ4n) is 4.09. The molecule has 1 heterocycles. The van der Waals surface area contributed by atoms with Gasteiger partial charge in [-0.2, -0.15) is 0 Å². The van der Waals surface area contributed by atoms with Gasteiger partial charge in [0.25, 0.3) is 0 Å². The Morgan fingerprint density at radius 2 is 1.67 bits per heavy atom. The van der Waals surface area contributed by atoms with E-state index in [0.717, 1.165) is 49.1 Å². The molecule has 3 rings (SSSR count). The summed E-state index contributed by atoms with van der Waals surface area (Å²) in [5, 5.41) is 0. The highest BCUT2D eigenvalue weighted by atomic mass is 19.2. The SMILES string of the molecule is C=CCc1ccc(-c2ccc(-c3ccc(C=CCCCC(C)OCCCCC)nc3)cc2)c(F)c1F. The van der Waals surface area contributed by atoms with Gasteiger partial charge < -0.3 is 4.74 Å². The van der Waals surface area contributed by atoms with Crippen molar-refractivity contribution in [3.05, 3.63) is 96.4 Å². The number of aromatic nitrogens is 1. The maximum Gasteiger partial charge on any atom is 0.166 e. The van der Waals surface area contributed by atoms with Gasteiger partial charge >= 0.3 is 0 Å². The molecular weight excluding hydrogens is 452 g/mol. The van der Waals surface area contributed by atoms with E-state index in [0.29, 0.717) is 23.7 Å². The number of rotatable bonds is 14. The van der Waals surface area contributed by atoms with Gasteiger partial charge in [0, 0.05) is 23.9 Å². The number of pyridine rings is 1. The van der Waals surface area contributed by atoms with Crippen LogP contribution in [0.25, 0.3) is 28.3 Å². The number of ether oxygens (including phenoxy) is 1. The van der Waals surface area contributed by atoms with Crippen molar-refractivity contribution >= 4 is 6.08 Å². The lowest BCUT2D eigenvalue weighted by Crippen LogP contribution is -2.08. The van der Waals surface area contributed by atoms with E-state index in [2.05, 4.69) is 31.5 Å². The molecule has 0 aliphatic carbocycles. The molecule has 36 heavy (non-hydrogen) atoms. The Hall–Kier alpha value is -3.11. The summed E-state index contributed by atoms with van der Waals surface area (Å²) in [5.41, 5.74) is 4.05. The van der Waals surface area contributed by atoms with Gasteiger partial charge in [-0.15, -0.1) is 6.58 Å². The number of allylic oxidation sites excluding steroid dienone is 2. The number of nitrogens with zero attached hydrogens (tertiary/aromatic N) is 1. The van der Waals surface area contributed by atoms with E-state index in [4.69, 9.17) is 4.74 Å². The molecule has 1 unspecified atom stereocenters. The third-order valence-electron chi connectivity index (χ3n) is 6.26. The van der Waals surface area contributed by atoms with Crippen molar-refractivity contribution in [2.45, 2.75) is 64.9 Å². The molecule has 0 bridgehead atoms. The number of hydrogen-bond donors (Lipinski definition) is 0. The Balaban J connectivity index is 1.52. The lowest BCUT2D eigenvalue weighted by atomic mass is 9.98. The van der Waals surface area contributed by atoms with Crippen LogP contribution in [0.3, 0.4) is 0 Å². The van der Waals surface area contributed by atoms with Crippen LogP contribution in [0.1, 0.15) is 63.6 Å². The Morgan fingerprint density at radius 3 is 2.36 bits per heavy atom. The van der Waals surface area contributed by atoms with Gasteiger partial charge in [-0.25, -0.2) is 8.78 Å². The van der Waals surface area contributed by atoms with Crippen molar-refractivity contribution in [1.82, 2.24) is 4.98 Å². The third kappa shape index (κ3) is 7.96. The maximum atomic E-state index is 14.6. The summed E-state index contributed by atoms with van der Waals surface area (Å²) < 4.78 is 34.7. The highest BCUT2D eigenvalue weighted by Gasteiger charge is 2.14. The van der Waals surface area contributed by atoms with Crippen molar-refractivity contribution in [3.63, 3.8) is 0 Å². The minimum absolute atomic E-state index is 0.253. The molecule has 3 aromatic rings. The molecule has 0 spiro atoms. The van der Waals surface area contributed by atoms with Crippen LogP contribution in [0.15, 0.2) is 73.5 Å². The monoisotopic (exact) mass is 489 g/mol. The van der Waals surface area contributed by atoms with Gasteiger partial charge in [-0.3, -0.25) is 4.98 Å². The lowest BCUT2D eigenvalue weighted by molar-refractivity contribution is 0.0566. The van der Waals surface area contributed by atoms with Crippen molar-refractivity contribution in [3.8, 4) is 22.3 Å². The first-order valence-corrected chi connectivity index (χ1v) is 13.0. The first-order valence-electron chi connectivity index (χ1n) is 13.0. The molecule has 1 atom stereocenters. The molecule has 0 fully saturated rings. The largest absolute Gasteiger partial charge is 0.379 e. The summed E-state index contributed by atoms with van der Waals surface area (Å²) in [6.07, 6.45) is 15.0. The third-order valence-corrected chi connectivity index (χ3v) is 6.26.